The van der Waals surface area contributed by atoms with Gasteiger partial charge >= 0.3 is 6.03 Å². The van der Waals surface area contributed by atoms with E-state index in [2.05, 4.69) is 5.32 Å². The standard InChI is InChI=1S/C12H15ClN2O2/c1-17-11-6-7-15(8-11)12(16)14-10-4-2-9(13)3-5-10/h2-5,11H,6-8H2,1H3,(H,14,16)/t11-/m1/s1. The van der Waals surface area contributed by atoms with Crippen LogP contribution in [0.15, 0.2) is 24.3 Å². The van der Waals surface area contributed by atoms with Gasteiger partial charge in [0.15, 0.2) is 0 Å². The number of carbonyl (C=O) groups excluding carboxylic acids is 1. The lowest BCUT2D eigenvalue weighted by Crippen LogP contribution is -2.33. The molecule has 5 heteroatoms. The van der Waals surface area contributed by atoms with Gasteiger partial charge in [0.1, 0.15) is 0 Å². The lowest BCUT2D eigenvalue weighted by Gasteiger charge is -2.17. The second-order valence-corrected chi connectivity index (χ2v) is 4.47. The Morgan fingerprint density at radius 3 is 2.76 bits per heavy atom. The summed E-state index contributed by atoms with van der Waals surface area (Å²) in [6.07, 6.45) is 1.05. The molecule has 0 bridgehead atoms. The first-order chi connectivity index (χ1) is 8.19. The van der Waals surface area contributed by atoms with Crippen molar-refractivity contribution in [2.45, 2.75) is 12.5 Å². The third-order valence-electron chi connectivity index (χ3n) is 2.86. The number of hydrogen-bond donors (Lipinski definition) is 1. The lowest BCUT2D eigenvalue weighted by atomic mass is 10.3. The van der Waals surface area contributed by atoms with Crippen LogP contribution < -0.4 is 5.32 Å². The third kappa shape index (κ3) is 3.11. The molecular formula is C12H15ClN2O2. The summed E-state index contributed by atoms with van der Waals surface area (Å²) in [5, 5.41) is 3.48. The number of anilines is 1. The van der Waals surface area contributed by atoms with Gasteiger partial charge < -0.3 is 15.0 Å². The predicted octanol–water partition coefficient (Wildman–Crippen LogP) is 2.59. The number of carbonyl (C=O) groups is 1. The number of methoxy groups -OCH3 is 1. The van der Waals surface area contributed by atoms with Gasteiger partial charge in [-0.2, -0.15) is 0 Å². The first-order valence-electron chi connectivity index (χ1n) is 5.53. The van der Waals surface area contributed by atoms with Crippen LogP contribution in [0.4, 0.5) is 10.5 Å². The second-order valence-electron chi connectivity index (χ2n) is 4.03. The summed E-state index contributed by atoms with van der Waals surface area (Å²) in [4.78, 5) is 13.6. The highest BCUT2D eigenvalue weighted by atomic mass is 35.5. The Hall–Kier alpha value is -1.26. The minimum Gasteiger partial charge on any atom is -0.380 e. The Bertz CT molecular complexity index is 394. The van der Waals surface area contributed by atoms with Crippen molar-refractivity contribution in [3.8, 4) is 0 Å². The smallest absolute Gasteiger partial charge is 0.321 e. The predicted molar refractivity (Wildman–Crippen MR) is 67.5 cm³/mol. The summed E-state index contributed by atoms with van der Waals surface area (Å²) in [5.41, 5.74) is 0.750. The van der Waals surface area contributed by atoms with E-state index in [4.69, 9.17) is 16.3 Å². The molecule has 0 aliphatic carbocycles. The number of hydrogen-bond acceptors (Lipinski definition) is 2. The van der Waals surface area contributed by atoms with Gasteiger partial charge in [-0.25, -0.2) is 4.79 Å². The molecule has 0 saturated carbocycles. The Kier molecular flexibility index (Phi) is 3.86. The van der Waals surface area contributed by atoms with Gasteiger partial charge in [-0.05, 0) is 30.7 Å². The van der Waals surface area contributed by atoms with E-state index < -0.39 is 0 Å². The maximum Gasteiger partial charge on any atom is 0.321 e. The summed E-state index contributed by atoms with van der Waals surface area (Å²) in [6, 6.07) is 6.97. The van der Waals surface area contributed by atoms with Crippen LogP contribution in [0, 0.1) is 0 Å². The van der Waals surface area contributed by atoms with Crippen molar-refractivity contribution in [2.24, 2.45) is 0 Å². The average molecular weight is 255 g/mol. The van der Waals surface area contributed by atoms with Crippen LogP contribution in [0.3, 0.4) is 0 Å². The van der Waals surface area contributed by atoms with E-state index in [0.717, 1.165) is 18.7 Å². The molecule has 1 aliphatic rings. The molecule has 1 atom stereocenters. The van der Waals surface area contributed by atoms with E-state index >= 15 is 0 Å². The van der Waals surface area contributed by atoms with Crippen LogP contribution in [0.5, 0.6) is 0 Å². The molecule has 0 spiro atoms. The van der Waals surface area contributed by atoms with Gasteiger partial charge in [0.25, 0.3) is 0 Å². The van der Waals surface area contributed by atoms with Crippen LogP contribution in [0.2, 0.25) is 5.02 Å². The van der Waals surface area contributed by atoms with Crippen molar-refractivity contribution < 1.29 is 9.53 Å². The molecule has 0 radical (unpaired) electrons. The largest absolute Gasteiger partial charge is 0.380 e. The van der Waals surface area contributed by atoms with Gasteiger partial charge in [-0.3, -0.25) is 0 Å². The molecule has 0 unspecified atom stereocenters. The Balaban J connectivity index is 1.91. The summed E-state index contributed by atoms with van der Waals surface area (Å²) < 4.78 is 5.22. The minimum atomic E-state index is -0.0909. The number of nitrogens with one attached hydrogen (secondary N) is 1. The Morgan fingerprint density at radius 2 is 2.18 bits per heavy atom. The first-order valence-corrected chi connectivity index (χ1v) is 5.91. The zero-order valence-electron chi connectivity index (χ0n) is 9.65. The quantitative estimate of drug-likeness (QED) is 0.881. The molecule has 92 valence electrons. The highest BCUT2D eigenvalue weighted by Crippen LogP contribution is 2.16. The fraction of sp³-hybridized carbons (Fsp3) is 0.417. The fourth-order valence-electron chi connectivity index (χ4n) is 1.84. The molecule has 1 saturated heterocycles. The van der Waals surface area contributed by atoms with Crippen LogP contribution in [0.1, 0.15) is 6.42 Å². The lowest BCUT2D eigenvalue weighted by molar-refractivity contribution is 0.111. The van der Waals surface area contributed by atoms with Gasteiger partial charge in [0.2, 0.25) is 0 Å². The zero-order chi connectivity index (χ0) is 12.3. The molecule has 17 heavy (non-hydrogen) atoms. The summed E-state index contributed by atoms with van der Waals surface area (Å²) in [7, 11) is 1.67. The molecule has 2 rings (SSSR count). The van der Waals surface area contributed by atoms with E-state index in [1.54, 1.807) is 36.3 Å². The molecule has 1 N–H and O–H groups in total. The molecule has 1 aromatic carbocycles. The van der Waals surface area contributed by atoms with Gasteiger partial charge in [-0.15, -0.1) is 0 Å². The third-order valence-corrected chi connectivity index (χ3v) is 3.11. The minimum absolute atomic E-state index is 0.0909. The number of nitrogens with zero attached hydrogens (tertiary/aromatic N) is 1. The maximum atomic E-state index is 11.9. The number of amides is 2. The topological polar surface area (TPSA) is 41.6 Å². The fourth-order valence-corrected chi connectivity index (χ4v) is 1.97. The molecule has 1 heterocycles. The monoisotopic (exact) mass is 254 g/mol. The summed E-state index contributed by atoms with van der Waals surface area (Å²) in [5.74, 6) is 0. The SMILES string of the molecule is CO[C@@H]1CCN(C(=O)Nc2ccc(Cl)cc2)C1. The normalized spacial score (nSPS) is 19.4. The molecule has 1 fully saturated rings. The Morgan fingerprint density at radius 1 is 1.47 bits per heavy atom. The van der Waals surface area contributed by atoms with Crippen molar-refractivity contribution in [2.75, 3.05) is 25.5 Å². The van der Waals surface area contributed by atoms with Gasteiger partial charge in [0.05, 0.1) is 6.10 Å². The van der Waals surface area contributed by atoms with Crippen molar-refractivity contribution in [3.05, 3.63) is 29.3 Å². The van der Waals surface area contributed by atoms with Gasteiger partial charge in [-0.1, -0.05) is 11.6 Å². The number of halogens is 1. The van der Waals surface area contributed by atoms with Gasteiger partial charge in [0, 0.05) is 30.9 Å². The van der Waals surface area contributed by atoms with Crippen LogP contribution >= 0.6 is 11.6 Å². The van der Waals surface area contributed by atoms with E-state index in [0.29, 0.717) is 11.6 Å². The van der Waals surface area contributed by atoms with E-state index in [-0.39, 0.29) is 12.1 Å². The second kappa shape index (κ2) is 5.38. The van der Waals surface area contributed by atoms with Crippen molar-refractivity contribution >= 4 is 23.3 Å². The molecule has 1 aromatic rings. The van der Waals surface area contributed by atoms with E-state index in [1.165, 1.54) is 0 Å². The molecule has 0 aromatic heterocycles. The molecule has 2 amide bonds. The first kappa shape index (κ1) is 12.2. The van der Waals surface area contributed by atoms with Crippen molar-refractivity contribution in [1.82, 2.24) is 4.90 Å². The maximum absolute atomic E-state index is 11.9. The number of benzene rings is 1. The highest BCUT2D eigenvalue weighted by molar-refractivity contribution is 6.30. The number of rotatable bonds is 2. The molecular weight excluding hydrogens is 240 g/mol. The number of likely N-dealkylation sites (tertiary alicyclic amines) is 1. The zero-order valence-corrected chi connectivity index (χ0v) is 10.4. The molecule has 4 nitrogen and oxygen atoms in total. The van der Waals surface area contributed by atoms with Crippen LogP contribution in [0.25, 0.3) is 0 Å². The van der Waals surface area contributed by atoms with Crippen molar-refractivity contribution in [3.63, 3.8) is 0 Å². The van der Waals surface area contributed by atoms with Crippen molar-refractivity contribution in [1.29, 1.82) is 0 Å². The average Bonchev–Trinajstić information content (AvgIpc) is 2.81. The molecule has 1 aliphatic heterocycles. The summed E-state index contributed by atoms with van der Waals surface area (Å²) >= 11 is 5.77. The Labute approximate surface area is 106 Å². The van der Waals surface area contributed by atoms with E-state index in [9.17, 15) is 4.79 Å². The van der Waals surface area contributed by atoms with Crippen LogP contribution in [-0.4, -0.2) is 37.2 Å². The number of urea groups is 1. The van der Waals surface area contributed by atoms with E-state index in [1.807, 2.05) is 0 Å². The summed E-state index contributed by atoms with van der Waals surface area (Å²) in [6.45, 7) is 1.38. The number of ether oxygens (including phenoxy) is 1. The highest BCUT2D eigenvalue weighted by Gasteiger charge is 2.25. The van der Waals surface area contributed by atoms with Crippen LogP contribution in [-0.2, 0) is 4.74 Å².